The second-order valence-electron chi connectivity index (χ2n) is 7.67. The molecule has 0 unspecified atom stereocenters. The van der Waals surface area contributed by atoms with E-state index in [0.717, 1.165) is 40.8 Å². The molecule has 2 heterocycles. The van der Waals surface area contributed by atoms with Crippen LogP contribution in [-0.2, 0) is 6.54 Å². The van der Waals surface area contributed by atoms with Crippen molar-refractivity contribution in [3.8, 4) is 11.5 Å². The van der Waals surface area contributed by atoms with Crippen LogP contribution in [-0.4, -0.2) is 29.6 Å². The van der Waals surface area contributed by atoms with Crippen LogP contribution >= 0.6 is 11.3 Å². The van der Waals surface area contributed by atoms with E-state index >= 15 is 0 Å². The van der Waals surface area contributed by atoms with Gasteiger partial charge in [0.1, 0.15) is 11.5 Å². The first-order valence-corrected chi connectivity index (χ1v) is 11.9. The fourth-order valence-corrected chi connectivity index (χ4v) is 4.40. The van der Waals surface area contributed by atoms with Gasteiger partial charge >= 0.3 is 0 Å². The molecule has 0 saturated heterocycles. The summed E-state index contributed by atoms with van der Waals surface area (Å²) in [6.45, 7) is 3.17. The molecule has 0 aliphatic rings. The van der Waals surface area contributed by atoms with Crippen molar-refractivity contribution in [3.05, 3.63) is 78.1 Å². The smallest absolute Gasteiger partial charge is 0.260 e. The number of rotatable bonds is 10. The number of carbonyl (C=O) groups is 1. The molecule has 0 bridgehead atoms. The van der Waals surface area contributed by atoms with Crippen molar-refractivity contribution in [1.82, 2.24) is 9.97 Å². The minimum absolute atomic E-state index is 0.135. The summed E-state index contributed by atoms with van der Waals surface area (Å²) < 4.78 is 12.2. The lowest BCUT2D eigenvalue weighted by molar-refractivity contribution is 0.0984. The summed E-state index contributed by atoms with van der Waals surface area (Å²) in [4.78, 5) is 24.3. The van der Waals surface area contributed by atoms with Crippen molar-refractivity contribution in [2.45, 2.75) is 32.7 Å². The van der Waals surface area contributed by atoms with Crippen LogP contribution in [0, 0.1) is 0 Å². The number of ether oxygens (including phenoxy) is 2. The molecule has 4 aromatic rings. The van der Waals surface area contributed by atoms with E-state index in [9.17, 15) is 4.79 Å². The van der Waals surface area contributed by atoms with Gasteiger partial charge in [0.15, 0.2) is 5.13 Å². The van der Waals surface area contributed by atoms with Crippen LogP contribution < -0.4 is 14.4 Å². The van der Waals surface area contributed by atoms with E-state index in [2.05, 4.69) is 11.9 Å². The molecule has 0 N–H and O–H groups in total. The van der Waals surface area contributed by atoms with Gasteiger partial charge in [-0.25, -0.2) is 4.98 Å². The molecule has 33 heavy (non-hydrogen) atoms. The quantitative estimate of drug-likeness (QED) is 0.266. The lowest BCUT2D eigenvalue weighted by Gasteiger charge is -2.20. The zero-order valence-electron chi connectivity index (χ0n) is 18.9. The van der Waals surface area contributed by atoms with E-state index in [0.29, 0.717) is 29.6 Å². The fourth-order valence-electron chi connectivity index (χ4n) is 3.45. The molecule has 1 amide bonds. The van der Waals surface area contributed by atoms with Gasteiger partial charge < -0.3 is 9.47 Å². The number of hydrogen-bond donors (Lipinski definition) is 0. The first-order chi connectivity index (χ1) is 16.2. The first kappa shape index (κ1) is 22.7. The van der Waals surface area contributed by atoms with E-state index in [-0.39, 0.29) is 5.91 Å². The van der Waals surface area contributed by atoms with Gasteiger partial charge in [-0.3, -0.25) is 14.7 Å². The van der Waals surface area contributed by atoms with Gasteiger partial charge in [0.05, 0.1) is 30.5 Å². The molecular formula is C26H27N3O3S. The molecular weight excluding hydrogens is 434 g/mol. The maximum absolute atomic E-state index is 13.7. The number of carbonyl (C=O) groups excluding carboxylic acids is 1. The number of anilines is 1. The number of thiazole rings is 1. The Labute approximate surface area is 197 Å². The van der Waals surface area contributed by atoms with Crippen LogP contribution in [0.2, 0.25) is 0 Å². The minimum atomic E-state index is -0.135. The Balaban J connectivity index is 1.64. The highest BCUT2D eigenvalue weighted by atomic mass is 32.1. The molecule has 2 aromatic heterocycles. The van der Waals surface area contributed by atoms with Gasteiger partial charge in [-0.15, -0.1) is 0 Å². The topological polar surface area (TPSA) is 64.5 Å². The molecule has 4 rings (SSSR count). The van der Waals surface area contributed by atoms with Gasteiger partial charge in [-0.05, 0) is 48.4 Å². The van der Waals surface area contributed by atoms with Crippen molar-refractivity contribution < 1.29 is 14.3 Å². The van der Waals surface area contributed by atoms with Crippen molar-refractivity contribution in [1.29, 1.82) is 0 Å². The molecule has 6 nitrogen and oxygen atoms in total. The highest BCUT2D eigenvalue weighted by Gasteiger charge is 2.22. The average molecular weight is 462 g/mol. The maximum Gasteiger partial charge on any atom is 0.260 e. The van der Waals surface area contributed by atoms with Crippen LogP contribution in [0.3, 0.4) is 0 Å². The fraction of sp³-hybridized carbons (Fsp3) is 0.269. The summed E-state index contributed by atoms with van der Waals surface area (Å²) in [7, 11) is 1.63. The van der Waals surface area contributed by atoms with Gasteiger partial charge in [0.25, 0.3) is 5.91 Å². The zero-order valence-corrected chi connectivity index (χ0v) is 19.7. The lowest BCUT2D eigenvalue weighted by atomic mass is 10.1. The summed E-state index contributed by atoms with van der Waals surface area (Å²) in [5.41, 5.74) is 2.28. The standard InChI is InChI=1S/C26H27N3O3S/c1-3-4-5-14-32-22-10-6-9-20(15-22)25(30)29(18-19-8-7-13-27-17-19)26-28-23-16-21(31-2)11-12-24(23)33-26/h6-13,15-17H,3-5,14,18H2,1-2H3. The number of nitrogens with zero attached hydrogens (tertiary/aromatic N) is 3. The summed E-state index contributed by atoms with van der Waals surface area (Å²) in [6.07, 6.45) is 6.75. The van der Waals surface area contributed by atoms with Crippen LogP contribution in [0.25, 0.3) is 10.2 Å². The number of fused-ring (bicyclic) bond motifs is 1. The summed E-state index contributed by atoms with van der Waals surface area (Å²) in [6, 6.07) is 16.9. The van der Waals surface area contributed by atoms with Gasteiger partial charge in [-0.2, -0.15) is 0 Å². The molecule has 170 valence electrons. The van der Waals surface area contributed by atoms with Gasteiger partial charge in [-0.1, -0.05) is 43.2 Å². The Hall–Kier alpha value is -3.45. The first-order valence-electron chi connectivity index (χ1n) is 11.1. The van der Waals surface area contributed by atoms with E-state index in [1.807, 2.05) is 48.5 Å². The SMILES string of the molecule is CCCCCOc1cccc(C(=O)N(Cc2cccnc2)c2nc3cc(OC)ccc3s2)c1. The van der Waals surface area contributed by atoms with Crippen LogP contribution in [0.4, 0.5) is 5.13 Å². The normalized spacial score (nSPS) is 10.8. The van der Waals surface area contributed by atoms with Crippen LogP contribution in [0.1, 0.15) is 42.1 Å². The summed E-state index contributed by atoms with van der Waals surface area (Å²) in [5, 5.41) is 0.626. The Morgan fingerprint density at radius 3 is 2.76 bits per heavy atom. The predicted molar refractivity (Wildman–Crippen MR) is 132 cm³/mol. The monoisotopic (exact) mass is 461 g/mol. The van der Waals surface area contributed by atoms with Crippen molar-refractivity contribution in [3.63, 3.8) is 0 Å². The Morgan fingerprint density at radius 2 is 1.97 bits per heavy atom. The number of amides is 1. The molecule has 0 fully saturated rings. The highest BCUT2D eigenvalue weighted by molar-refractivity contribution is 7.22. The average Bonchev–Trinajstić information content (AvgIpc) is 3.28. The Morgan fingerprint density at radius 1 is 1.06 bits per heavy atom. The van der Waals surface area contributed by atoms with Crippen LogP contribution in [0.15, 0.2) is 67.0 Å². The third-order valence-electron chi connectivity index (χ3n) is 5.22. The van der Waals surface area contributed by atoms with Gasteiger partial charge in [0.2, 0.25) is 0 Å². The third kappa shape index (κ3) is 5.68. The minimum Gasteiger partial charge on any atom is -0.497 e. The summed E-state index contributed by atoms with van der Waals surface area (Å²) in [5.74, 6) is 1.30. The number of unbranched alkanes of at least 4 members (excludes halogenated alkanes) is 2. The van der Waals surface area contributed by atoms with E-state index in [1.165, 1.54) is 11.3 Å². The molecule has 7 heteroatoms. The van der Waals surface area contributed by atoms with Crippen molar-refractivity contribution in [2.75, 3.05) is 18.6 Å². The second kappa shape index (κ2) is 10.9. The van der Waals surface area contributed by atoms with Gasteiger partial charge in [0, 0.05) is 24.0 Å². The molecule has 0 radical (unpaired) electrons. The maximum atomic E-state index is 13.7. The Kier molecular flexibility index (Phi) is 7.52. The molecule has 0 aliphatic heterocycles. The van der Waals surface area contributed by atoms with E-state index < -0.39 is 0 Å². The molecule has 0 atom stereocenters. The lowest BCUT2D eigenvalue weighted by Crippen LogP contribution is -2.30. The van der Waals surface area contributed by atoms with E-state index in [4.69, 9.17) is 14.5 Å². The summed E-state index contributed by atoms with van der Waals surface area (Å²) >= 11 is 1.48. The third-order valence-corrected chi connectivity index (χ3v) is 6.28. The van der Waals surface area contributed by atoms with Crippen molar-refractivity contribution in [2.24, 2.45) is 0 Å². The largest absolute Gasteiger partial charge is 0.497 e. The number of hydrogen-bond acceptors (Lipinski definition) is 6. The molecule has 0 spiro atoms. The highest BCUT2D eigenvalue weighted by Crippen LogP contribution is 2.33. The second-order valence-corrected chi connectivity index (χ2v) is 8.68. The van der Waals surface area contributed by atoms with Crippen molar-refractivity contribution >= 4 is 32.6 Å². The molecule has 0 aliphatic carbocycles. The number of benzene rings is 2. The van der Waals surface area contributed by atoms with Crippen LogP contribution in [0.5, 0.6) is 11.5 Å². The molecule has 2 aromatic carbocycles. The zero-order chi connectivity index (χ0) is 23.0. The van der Waals surface area contributed by atoms with E-state index in [1.54, 1.807) is 30.5 Å². The molecule has 0 saturated carbocycles. The number of methoxy groups -OCH3 is 1. The Bertz CT molecular complexity index is 1210. The predicted octanol–water partition coefficient (Wildman–Crippen LogP) is 6.12. The number of pyridine rings is 1. The number of aromatic nitrogens is 2.